The first-order valence-electron chi connectivity index (χ1n) is 12.2. The fourth-order valence-corrected chi connectivity index (χ4v) is 4.05. The molecule has 0 spiro atoms. The lowest BCUT2D eigenvalue weighted by atomic mass is 9.96. The Bertz CT molecular complexity index is 1930. The van der Waals surface area contributed by atoms with Crippen LogP contribution in [0.5, 0.6) is 34.5 Å². The zero-order valence-electron chi connectivity index (χ0n) is 21.6. The molecule has 44 heavy (non-hydrogen) atoms. The summed E-state index contributed by atoms with van der Waals surface area (Å²) in [5.74, 6) is -19.8. The number of carboxylic acid groups (broad SMARTS) is 1. The van der Waals surface area contributed by atoms with Crippen molar-refractivity contribution in [2.75, 3.05) is 0 Å². The van der Waals surface area contributed by atoms with Crippen LogP contribution in [-0.4, -0.2) is 11.1 Å². The lowest BCUT2D eigenvalue weighted by molar-refractivity contribution is 0.0697. The zero-order chi connectivity index (χ0) is 31.7. The van der Waals surface area contributed by atoms with E-state index in [1.165, 1.54) is 0 Å². The summed E-state index contributed by atoms with van der Waals surface area (Å²) in [4.78, 5) is 12.5. The van der Waals surface area contributed by atoms with Crippen LogP contribution in [0.3, 0.4) is 0 Å². The molecule has 0 radical (unpaired) electrons. The summed E-state index contributed by atoms with van der Waals surface area (Å²) in [5, 5.41) is 10.1. The highest BCUT2D eigenvalue weighted by atomic mass is 19.2. The van der Waals surface area contributed by atoms with Crippen LogP contribution in [0.2, 0.25) is 0 Å². The van der Waals surface area contributed by atoms with Gasteiger partial charge in [-0.3, -0.25) is 0 Å². The highest BCUT2D eigenvalue weighted by molar-refractivity contribution is 6.00. The Kier molecular flexibility index (Phi) is 8.12. The van der Waals surface area contributed by atoms with E-state index >= 15 is 4.39 Å². The Balaban J connectivity index is 1.91. The minimum Gasteiger partial charge on any atom is -0.478 e. The quantitative estimate of drug-likeness (QED) is 0.176. The van der Waals surface area contributed by atoms with Gasteiger partial charge < -0.3 is 19.3 Å². The van der Waals surface area contributed by atoms with Crippen molar-refractivity contribution in [1.82, 2.24) is 0 Å². The normalized spacial score (nSPS) is 10.9. The summed E-state index contributed by atoms with van der Waals surface area (Å²) in [5.41, 5.74) is -2.64. The molecule has 5 nitrogen and oxygen atoms in total. The fraction of sp³-hybridized carbons (Fsp3) is 0. The predicted molar refractivity (Wildman–Crippen MR) is 138 cm³/mol. The molecule has 0 bridgehead atoms. The average molecular weight is 618 g/mol. The Labute approximate surface area is 242 Å². The molecule has 224 valence electrons. The van der Waals surface area contributed by atoms with E-state index < -0.39 is 104 Å². The Morgan fingerprint density at radius 2 is 0.909 bits per heavy atom. The fourth-order valence-electron chi connectivity index (χ4n) is 4.05. The molecule has 0 saturated heterocycles. The van der Waals surface area contributed by atoms with Crippen LogP contribution < -0.4 is 14.2 Å². The molecule has 5 aromatic rings. The van der Waals surface area contributed by atoms with Gasteiger partial charge in [0.25, 0.3) is 0 Å². The first kappa shape index (κ1) is 29.9. The van der Waals surface area contributed by atoms with Gasteiger partial charge in [0.2, 0.25) is 23.2 Å². The smallest absolute Gasteiger partial charge is 0.336 e. The van der Waals surface area contributed by atoms with Crippen LogP contribution in [0.15, 0.2) is 78.9 Å². The van der Waals surface area contributed by atoms with Gasteiger partial charge >= 0.3 is 5.97 Å². The Hall–Kier alpha value is -5.59. The topological polar surface area (TPSA) is 65.0 Å². The van der Waals surface area contributed by atoms with Gasteiger partial charge in [0, 0.05) is 17.2 Å². The molecule has 5 rings (SSSR count). The Morgan fingerprint density at radius 3 is 1.39 bits per heavy atom. The van der Waals surface area contributed by atoms with Gasteiger partial charge in [-0.25, -0.2) is 26.7 Å². The molecular formula is C31H14F8O5. The molecule has 0 unspecified atom stereocenters. The van der Waals surface area contributed by atoms with Crippen molar-refractivity contribution in [2.45, 2.75) is 0 Å². The number of benzene rings is 5. The van der Waals surface area contributed by atoms with Crippen molar-refractivity contribution in [3.63, 3.8) is 0 Å². The van der Waals surface area contributed by atoms with Crippen molar-refractivity contribution in [1.29, 1.82) is 0 Å². The molecule has 0 fully saturated rings. The van der Waals surface area contributed by atoms with E-state index in [1.807, 2.05) is 0 Å². The van der Waals surface area contributed by atoms with Crippen LogP contribution in [0.1, 0.15) is 10.4 Å². The maximum atomic E-state index is 15.2. The molecule has 0 aliphatic rings. The molecule has 13 heteroatoms. The van der Waals surface area contributed by atoms with Crippen LogP contribution in [0.4, 0.5) is 35.1 Å². The third kappa shape index (κ3) is 5.59. The van der Waals surface area contributed by atoms with Crippen LogP contribution in [0.25, 0.3) is 11.1 Å². The first-order chi connectivity index (χ1) is 21.0. The number of rotatable bonds is 8. The number of hydrogen-bond acceptors (Lipinski definition) is 4. The predicted octanol–water partition coefficient (Wildman–Crippen LogP) is 9.54. The molecule has 0 heterocycles. The largest absolute Gasteiger partial charge is 0.478 e. The number of halogens is 8. The van der Waals surface area contributed by atoms with E-state index in [0.717, 1.165) is 54.6 Å². The van der Waals surface area contributed by atoms with Gasteiger partial charge in [0.1, 0.15) is 0 Å². The molecule has 0 amide bonds. The SMILES string of the molecule is O=C(O)c1cc(Oc2cccc(F)c2F)c(Oc2cccc(F)c2F)c(Oc2cccc(F)c2F)c1-c1cccc(F)c1F. The third-order valence-electron chi connectivity index (χ3n) is 6.05. The van der Waals surface area contributed by atoms with E-state index in [1.54, 1.807) is 0 Å². The molecule has 0 aliphatic carbocycles. The summed E-state index contributed by atoms with van der Waals surface area (Å²) < 4.78 is 132. The maximum Gasteiger partial charge on any atom is 0.336 e. The molecule has 5 aromatic carbocycles. The molecule has 0 aliphatic heterocycles. The van der Waals surface area contributed by atoms with Gasteiger partial charge in [-0.2, -0.15) is 13.2 Å². The lowest BCUT2D eigenvalue weighted by Gasteiger charge is -2.22. The van der Waals surface area contributed by atoms with E-state index in [-0.39, 0.29) is 0 Å². The number of carbonyl (C=O) groups is 1. The van der Waals surface area contributed by atoms with Crippen molar-refractivity contribution >= 4 is 5.97 Å². The first-order valence-corrected chi connectivity index (χ1v) is 12.2. The lowest BCUT2D eigenvalue weighted by Crippen LogP contribution is -2.07. The number of hydrogen-bond donors (Lipinski definition) is 1. The second kappa shape index (κ2) is 12.0. The summed E-state index contributed by atoms with van der Waals surface area (Å²) in [7, 11) is 0. The van der Waals surface area contributed by atoms with Crippen LogP contribution in [-0.2, 0) is 0 Å². The second-order valence-corrected chi connectivity index (χ2v) is 8.82. The number of ether oxygens (including phenoxy) is 3. The molecular weight excluding hydrogens is 604 g/mol. The van der Waals surface area contributed by atoms with Crippen LogP contribution >= 0.6 is 0 Å². The van der Waals surface area contributed by atoms with Gasteiger partial charge in [0.05, 0.1) is 5.56 Å². The van der Waals surface area contributed by atoms with Crippen molar-refractivity contribution in [3.05, 3.63) is 131 Å². The number of carboxylic acids is 1. The summed E-state index contributed by atoms with van der Waals surface area (Å²) in [6.07, 6.45) is 0. The monoisotopic (exact) mass is 618 g/mol. The van der Waals surface area contributed by atoms with Gasteiger partial charge in [-0.05, 0) is 42.5 Å². The number of aromatic carboxylic acids is 1. The van der Waals surface area contributed by atoms with Crippen molar-refractivity contribution in [3.8, 4) is 45.6 Å². The van der Waals surface area contributed by atoms with E-state index in [4.69, 9.17) is 14.2 Å². The van der Waals surface area contributed by atoms with Gasteiger partial charge in [-0.1, -0.05) is 30.3 Å². The average Bonchev–Trinajstić information content (AvgIpc) is 2.98. The highest BCUT2D eigenvalue weighted by Gasteiger charge is 2.32. The highest BCUT2D eigenvalue weighted by Crippen LogP contribution is 2.52. The Morgan fingerprint density at radius 1 is 0.500 bits per heavy atom. The van der Waals surface area contributed by atoms with E-state index in [0.29, 0.717) is 24.3 Å². The molecule has 0 saturated carbocycles. The minimum absolute atomic E-state index is 0.591. The van der Waals surface area contributed by atoms with E-state index in [2.05, 4.69) is 0 Å². The van der Waals surface area contributed by atoms with Gasteiger partial charge in [0.15, 0.2) is 57.8 Å². The summed E-state index contributed by atoms with van der Waals surface area (Å²) in [6, 6.07) is 10.9. The molecule has 0 atom stereocenters. The van der Waals surface area contributed by atoms with E-state index in [9.17, 15) is 40.6 Å². The minimum atomic E-state index is -1.86. The summed E-state index contributed by atoms with van der Waals surface area (Å²) in [6.45, 7) is 0. The van der Waals surface area contributed by atoms with Crippen molar-refractivity contribution in [2.24, 2.45) is 0 Å². The third-order valence-corrected chi connectivity index (χ3v) is 6.05. The molecule has 0 aromatic heterocycles. The van der Waals surface area contributed by atoms with Crippen LogP contribution in [0, 0.1) is 46.5 Å². The summed E-state index contributed by atoms with van der Waals surface area (Å²) >= 11 is 0. The maximum absolute atomic E-state index is 15.2. The molecule has 1 N–H and O–H groups in total. The van der Waals surface area contributed by atoms with Gasteiger partial charge in [-0.15, -0.1) is 0 Å². The van der Waals surface area contributed by atoms with Crippen molar-refractivity contribution < 1.29 is 59.2 Å². The second-order valence-electron chi connectivity index (χ2n) is 8.82. The standard InChI is InChI=1S/C31H14F8O5/c32-16-6-1-5-14(25(16)36)24-15(31(40)41)13-23(42-20-10-2-7-17(33)26(20)37)29(43-21-11-3-8-18(34)27(21)38)30(24)44-22-12-4-9-19(35)28(22)39/h1-13H,(H,40,41). The zero-order valence-corrected chi connectivity index (χ0v) is 21.6.